The first-order chi connectivity index (χ1) is 12.9. The first-order valence-electron chi connectivity index (χ1n) is 8.84. The molecule has 0 unspecified atom stereocenters. The van der Waals surface area contributed by atoms with Crippen LogP contribution >= 0.6 is 7.26 Å². The van der Waals surface area contributed by atoms with Crippen molar-refractivity contribution in [2.45, 2.75) is 6.16 Å². The zero-order chi connectivity index (χ0) is 17.7. The molecule has 1 nitrogen and oxygen atoms in total. The highest BCUT2D eigenvalue weighted by Crippen LogP contribution is 2.57. The van der Waals surface area contributed by atoms with Crippen LogP contribution in [0.1, 0.15) is 5.69 Å². The van der Waals surface area contributed by atoms with E-state index < -0.39 is 7.26 Å². The van der Waals surface area contributed by atoms with E-state index in [0.717, 1.165) is 11.9 Å². The van der Waals surface area contributed by atoms with E-state index >= 15 is 0 Å². The maximum Gasteiger partial charge on any atom is 0.118 e. The predicted octanol–water partition coefficient (Wildman–Crippen LogP) is 1.58. The minimum Gasteiger partial charge on any atom is -1.00 e. The van der Waals surface area contributed by atoms with Gasteiger partial charge in [-0.2, -0.15) is 0 Å². The Hall–Kier alpha value is -2.47. The molecular formula is C24H21ClNP. The van der Waals surface area contributed by atoms with E-state index in [0.29, 0.717) is 0 Å². The standard InChI is InChI=1S/C24H21NP.ClH/c1-4-13-22(14-5-1)26(23-15-6-2-7-16-23,24-17-8-3-9-18-24)20-21-12-10-11-19-25-21;/h1-19H,20H2;1H/q+1;/p-1. The van der Waals surface area contributed by atoms with Gasteiger partial charge in [0.05, 0.1) is 5.69 Å². The Bertz CT molecular complexity index is 848. The van der Waals surface area contributed by atoms with E-state index in [2.05, 4.69) is 108 Å². The molecule has 0 bridgehead atoms. The molecule has 0 atom stereocenters. The monoisotopic (exact) mass is 389 g/mol. The minimum atomic E-state index is -1.84. The molecular weight excluding hydrogens is 369 g/mol. The summed E-state index contributed by atoms with van der Waals surface area (Å²) in [6.07, 6.45) is 2.82. The zero-order valence-corrected chi connectivity index (χ0v) is 16.6. The smallest absolute Gasteiger partial charge is 0.118 e. The van der Waals surface area contributed by atoms with E-state index in [4.69, 9.17) is 0 Å². The molecule has 0 amide bonds. The van der Waals surface area contributed by atoms with Gasteiger partial charge in [-0.1, -0.05) is 60.7 Å². The number of benzene rings is 3. The molecule has 0 spiro atoms. The summed E-state index contributed by atoms with van der Waals surface area (Å²) < 4.78 is 0. The van der Waals surface area contributed by atoms with E-state index in [1.807, 2.05) is 12.3 Å². The fourth-order valence-electron chi connectivity index (χ4n) is 3.50. The lowest BCUT2D eigenvalue weighted by Gasteiger charge is -2.27. The molecule has 4 aromatic rings. The second-order valence-electron chi connectivity index (χ2n) is 6.30. The second kappa shape index (κ2) is 8.95. The van der Waals surface area contributed by atoms with Gasteiger partial charge in [0.15, 0.2) is 0 Å². The average Bonchev–Trinajstić information content (AvgIpc) is 2.75. The highest BCUT2D eigenvalue weighted by Gasteiger charge is 2.45. The van der Waals surface area contributed by atoms with E-state index in [9.17, 15) is 0 Å². The SMILES string of the molecule is [Cl-].c1ccc([P+](Cc2ccccn2)(c2ccccc2)c2ccccc2)cc1. The lowest BCUT2D eigenvalue weighted by molar-refractivity contribution is -0.00000513. The van der Waals surface area contributed by atoms with Crippen LogP contribution in [0.25, 0.3) is 0 Å². The Morgan fingerprint density at radius 2 is 0.926 bits per heavy atom. The van der Waals surface area contributed by atoms with Crippen molar-refractivity contribution in [2.75, 3.05) is 0 Å². The summed E-state index contributed by atoms with van der Waals surface area (Å²) in [6, 6.07) is 39.0. The van der Waals surface area contributed by atoms with Gasteiger partial charge in [-0.25, -0.2) is 0 Å². The van der Waals surface area contributed by atoms with Crippen molar-refractivity contribution in [3.05, 3.63) is 121 Å². The number of pyridine rings is 1. The van der Waals surface area contributed by atoms with Gasteiger partial charge >= 0.3 is 0 Å². The normalized spacial score (nSPS) is 10.8. The second-order valence-corrected chi connectivity index (χ2v) is 9.78. The van der Waals surface area contributed by atoms with Crippen molar-refractivity contribution in [1.29, 1.82) is 0 Å². The van der Waals surface area contributed by atoms with Crippen LogP contribution in [0.5, 0.6) is 0 Å². The van der Waals surface area contributed by atoms with Crippen molar-refractivity contribution in [1.82, 2.24) is 4.98 Å². The Morgan fingerprint density at radius 3 is 1.30 bits per heavy atom. The Balaban J connectivity index is 0.00000210. The fraction of sp³-hybridized carbons (Fsp3) is 0.0417. The fourth-order valence-corrected chi connectivity index (χ4v) is 7.66. The maximum atomic E-state index is 4.67. The van der Waals surface area contributed by atoms with Crippen LogP contribution in [0.4, 0.5) is 0 Å². The average molecular weight is 390 g/mol. The van der Waals surface area contributed by atoms with Gasteiger partial charge in [-0.15, -0.1) is 0 Å². The third kappa shape index (κ3) is 3.95. The van der Waals surface area contributed by atoms with Crippen molar-refractivity contribution in [2.24, 2.45) is 0 Å². The molecule has 0 fully saturated rings. The van der Waals surface area contributed by atoms with E-state index in [1.54, 1.807) is 0 Å². The molecule has 0 saturated heterocycles. The molecule has 1 heterocycles. The molecule has 0 aliphatic rings. The van der Waals surface area contributed by atoms with Gasteiger partial charge < -0.3 is 12.4 Å². The third-order valence-corrected chi connectivity index (χ3v) is 9.05. The lowest BCUT2D eigenvalue weighted by atomic mass is 10.3. The summed E-state index contributed by atoms with van der Waals surface area (Å²) >= 11 is 0. The quantitative estimate of drug-likeness (QED) is 0.472. The van der Waals surface area contributed by atoms with Crippen molar-refractivity contribution < 1.29 is 12.4 Å². The van der Waals surface area contributed by atoms with Gasteiger partial charge in [0.25, 0.3) is 0 Å². The molecule has 0 N–H and O–H groups in total. The van der Waals surface area contributed by atoms with Gasteiger partial charge in [0.2, 0.25) is 0 Å². The summed E-state index contributed by atoms with van der Waals surface area (Å²) in [5.41, 5.74) is 1.14. The molecule has 0 aliphatic carbocycles. The number of rotatable bonds is 5. The van der Waals surface area contributed by atoms with E-state index in [1.165, 1.54) is 15.9 Å². The van der Waals surface area contributed by atoms with Crippen LogP contribution in [0.15, 0.2) is 115 Å². The van der Waals surface area contributed by atoms with Crippen molar-refractivity contribution in [3.8, 4) is 0 Å². The number of nitrogens with zero attached hydrogens (tertiary/aromatic N) is 1. The number of halogens is 1. The van der Waals surface area contributed by atoms with Gasteiger partial charge in [0, 0.05) is 6.20 Å². The topological polar surface area (TPSA) is 12.9 Å². The molecule has 134 valence electrons. The summed E-state index contributed by atoms with van der Waals surface area (Å²) in [4.78, 5) is 4.67. The number of hydrogen-bond acceptors (Lipinski definition) is 1. The summed E-state index contributed by atoms with van der Waals surface area (Å²) in [6.45, 7) is 0. The molecule has 0 radical (unpaired) electrons. The highest BCUT2D eigenvalue weighted by molar-refractivity contribution is 7.95. The molecule has 0 saturated carbocycles. The van der Waals surface area contributed by atoms with Crippen molar-refractivity contribution in [3.63, 3.8) is 0 Å². The predicted molar refractivity (Wildman–Crippen MR) is 113 cm³/mol. The van der Waals surface area contributed by atoms with Crippen molar-refractivity contribution >= 4 is 23.2 Å². The Morgan fingerprint density at radius 1 is 0.519 bits per heavy atom. The molecule has 27 heavy (non-hydrogen) atoms. The highest BCUT2D eigenvalue weighted by atomic mass is 35.5. The summed E-state index contributed by atoms with van der Waals surface area (Å²) in [5, 5.41) is 4.18. The lowest BCUT2D eigenvalue weighted by Crippen LogP contribution is -3.00. The minimum absolute atomic E-state index is 0. The maximum absolute atomic E-state index is 4.67. The van der Waals surface area contributed by atoms with Crippen LogP contribution in [0.3, 0.4) is 0 Å². The Labute approximate surface area is 167 Å². The zero-order valence-electron chi connectivity index (χ0n) is 14.9. The van der Waals surface area contributed by atoms with Crippen LogP contribution in [-0.2, 0) is 6.16 Å². The van der Waals surface area contributed by atoms with Gasteiger partial charge in [-0.05, 0) is 48.5 Å². The van der Waals surface area contributed by atoms with Gasteiger partial charge in [-0.3, -0.25) is 4.98 Å². The van der Waals surface area contributed by atoms with Crippen LogP contribution in [0, 0.1) is 0 Å². The number of aromatic nitrogens is 1. The van der Waals surface area contributed by atoms with Crippen LogP contribution < -0.4 is 28.3 Å². The first-order valence-corrected chi connectivity index (χ1v) is 10.8. The summed E-state index contributed by atoms with van der Waals surface area (Å²) in [5.74, 6) is 0. The molecule has 3 heteroatoms. The third-order valence-electron chi connectivity index (χ3n) is 4.72. The largest absolute Gasteiger partial charge is 1.00 e. The first kappa shape index (κ1) is 19.3. The summed E-state index contributed by atoms with van der Waals surface area (Å²) in [7, 11) is -1.84. The molecule has 1 aromatic heterocycles. The van der Waals surface area contributed by atoms with Crippen LogP contribution in [-0.4, -0.2) is 4.98 Å². The van der Waals surface area contributed by atoms with Crippen LogP contribution in [0.2, 0.25) is 0 Å². The Kier molecular flexibility index (Phi) is 6.40. The number of hydrogen-bond donors (Lipinski definition) is 0. The van der Waals surface area contributed by atoms with E-state index in [-0.39, 0.29) is 12.4 Å². The molecule has 0 aliphatic heterocycles. The van der Waals surface area contributed by atoms with Gasteiger partial charge in [0.1, 0.15) is 29.3 Å². The molecule has 3 aromatic carbocycles. The molecule has 4 rings (SSSR count).